The van der Waals surface area contributed by atoms with Crippen LogP contribution in [0.2, 0.25) is 0 Å². The number of anilines is 2. The second-order valence-corrected chi connectivity index (χ2v) is 7.57. The highest BCUT2D eigenvalue weighted by Gasteiger charge is 2.31. The quantitative estimate of drug-likeness (QED) is 0.178. The molecule has 3 rings (SSSR count). The second-order valence-electron chi connectivity index (χ2n) is 6.62. The molecule has 14 heteroatoms. The summed E-state index contributed by atoms with van der Waals surface area (Å²) < 4.78 is 46.7. The molecule has 0 unspecified atom stereocenters. The number of aromatic nitrogens is 3. The molecule has 0 atom stereocenters. The molecular weight excluding hydrogens is 475 g/mol. The van der Waals surface area contributed by atoms with Gasteiger partial charge in [-0.2, -0.15) is 5.10 Å². The van der Waals surface area contributed by atoms with E-state index in [2.05, 4.69) is 30.8 Å². The third-order valence-electron chi connectivity index (χ3n) is 4.20. The lowest BCUT2D eigenvalue weighted by molar-refractivity contribution is -0.274. The van der Waals surface area contributed by atoms with Crippen LogP contribution >= 0.6 is 11.8 Å². The molecule has 10 nitrogen and oxygen atoms in total. The second kappa shape index (κ2) is 10.8. The highest BCUT2D eigenvalue weighted by Crippen LogP contribution is 2.24. The van der Waals surface area contributed by atoms with Gasteiger partial charge in [0, 0.05) is 5.69 Å². The zero-order valence-corrected chi connectivity index (χ0v) is 18.8. The van der Waals surface area contributed by atoms with Crippen LogP contribution in [0.4, 0.5) is 24.8 Å². The summed E-state index contributed by atoms with van der Waals surface area (Å²) in [6, 6.07) is 12.1. The summed E-state index contributed by atoms with van der Waals surface area (Å²) in [5.41, 5.74) is 4.56. The van der Waals surface area contributed by atoms with Crippen molar-refractivity contribution in [1.29, 1.82) is 0 Å². The van der Waals surface area contributed by atoms with Crippen LogP contribution in [0, 0.1) is 0 Å². The first kappa shape index (κ1) is 24.7. The molecule has 4 N–H and O–H groups in total. The predicted octanol–water partition coefficient (Wildman–Crippen LogP) is 3.47. The minimum Gasteiger partial charge on any atom is -0.497 e. The number of nitrogen functional groups attached to an aromatic ring is 1. The summed E-state index contributed by atoms with van der Waals surface area (Å²) in [5, 5.41) is 14.8. The summed E-state index contributed by atoms with van der Waals surface area (Å²) in [6.07, 6.45) is -4.78. The molecule has 0 spiro atoms. The Morgan fingerprint density at radius 3 is 2.38 bits per heavy atom. The predicted molar refractivity (Wildman–Crippen MR) is 121 cm³/mol. The number of thioether (sulfide) groups is 1. The Kier molecular flexibility index (Phi) is 7.83. The molecular formula is C20H20F3N7O3S. The Morgan fingerprint density at radius 1 is 1.12 bits per heavy atom. The number of carbonyl (C=O) groups is 1. The Hall–Kier alpha value is -3.94. The average Bonchev–Trinajstić information content (AvgIpc) is 3.15. The van der Waals surface area contributed by atoms with Gasteiger partial charge in [0.15, 0.2) is 0 Å². The zero-order valence-electron chi connectivity index (χ0n) is 18.0. The lowest BCUT2D eigenvalue weighted by Crippen LogP contribution is -2.18. The van der Waals surface area contributed by atoms with Gasteiger partial charge in [-0.1, -0.05) is 11.8 Å². The number of amides is 1. The van der Waals surface area contributed by atoms with Gasteiger partial charge < -0.3 is 20.6 Å². The number of nitrogens with one attached hydrogen (secondary N) is 2. The van der Waals surface area contributed by atoms with E-state index in [0.717, 1.165) is 39.9 Å². The van der Waals surface area contributed by atoms with E-state index in [9.17, 15) is 18.0 Å². The molecule has 1 amide bonds. The van der Waals surface area contributed by atoms with Crippen LogP contribution in [0.1, 0.15) is 12.5 Å². The van der Waals surface area contributed by atoms with Gasteiger partial charge in [-0.25, -0.2) is 10.1 Å². The molecule has 0 aliphatic heterocycles. The van der Waals surface area contributed by atoms with Crippen LogP contribution in [0.25, 0.3) is 0 Å². The fourth-order valence-corrected chi connectivity index (χ4v) is 3.21. The number of nitrogens with zero attached hydrogens (tertiary/aromatic N) is 4. The van der Waals surface area contributed by atoms with Crippen molar-refractivity contribution in [3.05, 3.63) is 54.1 Å². The normalized spacial score (nSPS) is 11.7. The van der Waals surface area contributed by atoms with Crippen LogP contribution in [-0.4, -0.2) is 45.7 Å². The van der Waals surface area contributed by atoms with Crippen LogP contribution < -0.4 is 26.1 Å². The number of rotatable bonds is 9. The largest absolute Gasteiger partial charge is 0.573 e. The van der Waals surface area contributed by atoms with Gasteiger partial charge in [-0.15, -0.1) is 23.4 Å². The van der Waals surface area contributed by atoms with Gasteiger partial charge in [-0.3, -0.25) is 4.79 Å². The van der Waals surface area contributed by atoms with Crippen molar-refractivity contribution in [2.45, 2.75) is 18.4 Å². The van der Waals surface area contributed by atoms with E-state index < -0.39 is 12.3 Å². The lowest BCUT2D eigenvalue weighted by Gasteiger charge is -2.10. The van der Waals surface area contributed by atoms with Crippen LogP contribution in [0.3, 0.4) is 0 Å². The Morgan fingerprint density at radius 2 is 1.76 bits per heavy atom. The molecule has 0 radical (unpaired) electrons. The molecule has 0 saturated heterocycles. The molecule has 0 aliphatic rings. The number of nitrogens with two attached hydrogens (primary N) is 1. The van der Waals surface area contributed by atoms with Gasteiger partial charge in [0.05, 0.1) is 18.6 Å². The van der Waals surface area contributed by atoms with E-state index >= 15 is 0 Å². The molecule has 0 saturated carbocycles. The van der Waals surface area contributed by atoms with Crippen LogP contribution in [0.5, 0.6) is 11.5 Å². The highest BCUT2D eigenvalue weighted by molar-refractivity contribution is 7.99. The summed E-state index contributed by atoms with van der Waals surface area (Å²) in [6.45, 7) is 1.80. The summed E-state index contributed by atoms with van der Waals surface area (Å²) in [7, 11) is 1.58. The van der Waals surface area contributed by atoms with Gasteiger partial charge >= 0.3 is 6.36 Å². The summed E-state index contributed by atoms with van der Waals surface area (Å²) >= 11 is 1.02. The lowest BCUT2D eigenvalue weighted by atomic mass is 10.1. The van der Waals surface area contributed by atoms with Crippen molar-refractivity contribution in [2.24, 2.45) is 5.10 Å². The number of hydrogen-bond acceptors (Lipinski definition) is 9. The number of carbonyl (C=O) groups excluding carboxylic acids is 1. The van der Waals surface area contributed by atoms with Crippen molar-refractivity contribution in [1.82, 2.24) is 14.9 Å². The topological polar surface area (TPSA) is 129 Å². The minimum atomic E-state index is -4.78. The van der Waals surface area contributed by atoms with Gasteiger partial charge in [0.1, 0.15) is 11.5 Å². The van der Waals surface area contributed by atoms with E-state index in [1.807, 2.05) is 24.3 Å². The smallest absolute Gasteiger partial charge is 0.497 e. The van der Waals surface area contributed by atoms with Crippen molar-refractivity contribution in [3.63, 3.8) is 0 Å². The maximum Gasteiger partial charge on any atom is 0.573 e. The molecule has 3 aromatic rings. The maximum atomic E-state index is 12.2. The number of alkyl halides is 3. The van der Waals surface area contributed by atoms with E-state index in [0.29, 0.717) is 11.4 Å². The van der Waals surface area contributed by atoms with Crippen molar-refractivity contribution < 1.29 is 27.4 Å². The molecule has 0 bridgehead atoms. The van der Waals surface area contributed by atoms with Gasteiger partial charge in [0.2, 0.25) is 11.1 Å². The zero-order chi connectivity index (χ0) is 24.7. The van der Waals surface area contributed by atoms with Gasteiger partial charge in [0.25, 0.3) is 5.95 Å². The SMILES string of the molecule is COc1ccc(/C(C)=N/Nc2nnc(SCC(=O)Nc3ccc(OC(F)(F)F)cc3)n2N)cc1. The Balaban J connectivity index is 1.52. The molecule has 0 fully saturated rings. The number of halogens is 3. The monoisotopic (exact) mass is 495 g/mol. The third kappa shape index (κ3) is 7.03. The maximum absolute atomic E-state index is 12.2. The summed E-state index contributed by atoms with van der Waals surface area (Å²) in [4.78, 5) is 12.1. The van der Waals surface area contributed by atoms with Gasteiger partial charge in [-0.05, 0) is 61.0 Å². The minimum absolute atomic E-state index is 0.0652. The number of ether oxygens (including phenoxy) is 2. The van der Waals surface area contributed by atoms with E-state index in [1.165, 1.54) is 12.1 Å². The number of benzene rings is 2. The molecule has 180 valence electrons. The average molecular weight is 495 g/mol. The fraction of sp³-hybridized carbons (Fsp3) is 0.200. The molecule has 1 aromatic heterocycles. The standard InChI is InChI=1S/C20H20F3N7O3S/c1-12(13-3-7-15(32-2)8-4-13)26-27-18-28-29-19(30(18)24)34-11-17(31)25-14-5-9-16(10-6-14)33-20(21,22)23/h3-10H,11,24H2,1-2H3,(H,25,31)(H,27,28)/b26-12+. The third-order valence-corrected chi connectivity index (χ3v) is 5.14. The van der Waals surface area contributed by atoms with E-state index in [-0.39, 0.29) is 22.6 Å². The first-order valence-electron chi connectivity index (χ1n) is 9.58. The molecule has 2 aromatic carbocycles. The van der Waals surface area contributed by atoms with Crippen molar-refractivity contribution >= 4 is 35.0 Å². The van der Waals surface area contributed by atoms with Crippen molar-refractivity contribution in [3.8, 4) is 11.5 Å². The number of hydrogen-bond donors (Lipinski definition) is 3. The Labute approximate surface area is 196 Å². The fourth-order valence-electron chi connectivity index (χ4n) is 2.55. The number of hydrazone groups is 1. The first-order chi connectivity index (χ1) is 16.1. The number of methoxy groups -OCH3 is 1. The Bertz CT molecular complexity index is 1150. The van der Waals surface area contributed by atoms with Crippen molar-refractivity contribution in [2.75, 3.05) is 29.4 Å². The van der Waals surface area contributed by atoms with Crippen LogP contribution in [-0.2, 0) is 4.79 Å². The molecule has 1 heterocycles. The summed E-state index contributed by atoms with van der Waals surface area (Å²) in [5.74, 6) is 5.98. The molecule has 34 heavy (non-hydrogen) atoms. The van der Waals surface area contributed by atoms with E-state index in [1.54, 1.807) is 14.0 Å². The molecule has 0 aliphatic carbocycles. The first-order valence-corrected chi connectivity index (χ1v) is 10.6. The van der Waals surface area contributed by atoms with Crippen LogP contribution in [0.15, 0.2) is 58.8 Å². The van der Waals surface area contributed by atoms with E-state index in [4.69, 9.17) is 10.6 Å². The highest BCUT2D eigenvalue weighted by atomic mass is 32.2.